The van der Waals surface area contributed by atoms with Gasteiger partial charge in [-0.2, -0.15) is 0 Å². The lowest BCUT2D eigenvalue weighted by atomic mass is 9.83. The van der Waals surface area contributed by atoms with Gasteiger partial charge >= 0.3 is 6.09 Å². The molecule has 2 rings (SSSR count). The summed E-state index contributed by atoms with van der Waals surface area (Å²) in [6.07, 6.45) is 5.29. The molecule has 2 heterocycles. The summed E-state index contributed by atoms with van der Waals surface area (Å²) >= 11 is 0. The van der Waals surface area contributed by atoms with Crippen molar-refractivity contribution in [3.63, 3.8) is 0 Å². The maximum absolute atomic E-state index is 12.1. The Morgan fingerprint density at radius 1 is 1.36 bits per heavy atom. The van der Waals surface area contributed by atoms with Crippen LogP contribution in [0.3, 0.4) is 0 Å². The molecule has 118 valence electrons. The second-order valence-electron chi connectivity index (χ2n) is 6.84. The van der Waals surface area contributed by atoms with Gasteiger partial charge in [0.15, 0.2) is 0 Å². The number of rotatable bonds is 2. The van der Waals surface area contributed by atoms with Crippen LogP contribution in [-0.2, 0) is 11.2 Å². The molecule has 0 bridgehead atoms. The van der Waals surface area contributed by atoms with Gasteiger partial charge in [0.25, 0.3) is 0 Å². The molecule has 0 aromatic carbocycles. The highest BCUT2D eigenvalue weighted by molar-refractivity contribution is 5.68. The molecule has 0 unspecified atom stereocenters. The van der Waals surface area contributed by atoms with Gasteiger partial charge in [0, 0.05) is 38.3 Å². The Labute approximate surface area is 132 Å². The van der Waals surface area contributed by atoms with E-state index in [1.807, 2.05) is 32.9 Å². The molecule has 0 spiro atoms. The van der Waals surface area contributed by atoms with E-state index in [-0.39, 0.29) is 6.09 Å². The first-order chi connectivity index (χ1) is 10.3. The third-order valence-electron chi connectivity index (χ3n) is 3.87. The SMILES string of the molecule is [C-]#[N+]C1(Cc2ccncc2)CCN(C(=O)OC(C)(C)C)CC1. The number of carbonyl (C=O) groups excluding carboxylic acids is 1. The third kappa shape index (κ3) is 4.20. The topological polar surface area (TPSA) is 46.8 Å². The number of aromatic nitrogens is 1. The van der Waals surface area contributed by atoms with Crippen LogP contribution in [0.15, 0.2) is 24.5 Å². The molecule has 0 atom stereocenters. The molecule has 0 radical (unpaired) electrons. The number of pyridine rings is 1. The van der Waals surface area contributed by atoms with Crippen LogP contribution in [0.4, 0.5) is 4.79 Å². The fraction of sp³-hybridized carbons (Fsp3) is 0.588. The van der Waals surface area contributed by atoms with Crippen LogP contribution in [0.2, 0.25) is 0 Å². The Bertz CT molecular complexity index is 550. The maximum Gasteiger partial charge on any atom is 0.410 e. The van der Waals surface area contributed by atoms with E-state index in [4.69, 9.17) is 11.3 Å². The van der Waals surface area contributed by atoms with Crippen LogP contribution in [0.1, 0.15) is 39.2 Å². The molecule has 1 saturated heterocycles. The number of hydrogen-bond donors (Lipinski definition) is 0. The summed E-state index contributed by atoms with van der Waals surface area (Å²) in [6.45, 7) is 14.3. The van der Waals surface area contributed by atoms with Gasteiger partial charge in [0.1, 0.15) is 5.60 Å². The van der Waals surface area contributed by atoms with Gasteiger partial charge < -0.3 is 14.5 Å². The highest BCUT2D eigenvalue weighted by Crippen LogP contribution is 2.31. The van der Waals surface area contributed by atoms with Gasteiger partial charge in [-0.1, -0.05) is 0 Å². The summed E-state index contributed by atoms with van der Waals surface area (Å²) in [5.74, 6) is 0. The molecule has 1 fully saturated rings. The smallest absolute Gasteiger partial charge is 0.410 e. The number of likely N-dealkylation sites (tertiary alicyclic amines) is 1. The number of piperidine rings is 1. The van der Waals surface area contributed by atoms with E-state index in [0.717, 1.165) is 5.56 Å². The Hall–Kier alpha value is -2.09. The quantitative estimate of drug-likeness (QED) is 0.787. The number of carbonyl (C=O) groups is 1. The van der Waals surface area contributed by atoms with E-state index in [1.165, 1.54) is 0 Å². The lowest BCUT2D eigenvalue weighted by Crippen LogP contribution is -2.47. The first-order valence-corrected chi connectivity index (χ1v) is 7.59. The van der Waals surface area contributed by atoms with Crippen molar-refractivity contribution in [2.75, 3.05) is 13.1 Å². The van der Waals surface area contributed by atoms with Crippen molar-refractivity contribution in [2.24, 2.45) is 0 Å². The summed E-state index contributed by atoms with van der Waals surface area (Å²) in [5.41, 5.74) is 0.221. The minimum absolute atomic E-state index is 0.282. The third-order valence-corrected chi connectivity index (χ3v) is 3.87. The van der Waals surface area contributed by atoms with Crippen molar-refractivity contribution < 1.29 is 9.53 Å². The van der Waals surface area contributed by atoms with Gasteiger partial charge in [-0.15, -0.1) is 0 Å². The minimum Gasteiger partial charge on any atom is -0.444 e. The molecule has 0 aliphatic carbocycles. The predicted octanol–water partition coefficient (Wildman–Crippen LogP) is 3.31. The number of nitrogens with zero attached hydrogens (tertiary/aromatic N) is 3. The standard InChI is InChI=1S/C17H23N3O2/c1-16(2,3)22-15(21)20-11-7-17(18-4,8-12-20)13-14-5-9-19-10-6-14/h5-6,9-10H,7-8,11-13H2,1-3H3. The molecule has 5 heteroatoms. The molecule has 1 aliphatic heterocycles. The van der Waals surface area contributed by atoms with E-state index < -0.39 is 11.1 Å². The van der Waals surface area contributed by atoms with Crippen molar-refractivity contribution in [2.45, 2.75) is 51.2 Å². The van der Waals surface area contributed by atoms with Gasteiger partial charge in [-0.3, -0.25) is 4.98 Å². The van der Waals surface area contributed by atoms with Gasteiger partial charge in [0.05, 0.1) is 6.42 Å². The minimum atomic E-state index is -0.484. The van der Waals surface area contributed by atoms with Crippen molar-refractivity contribution in [1.29, 1.82) is 0 Å². The Balaban J connectivity index is 1.97. The van der Waals surface area contributed by atoms with E-state index >= 15 is 0 Å². The van der Waals surface area contributed by atoms with Crippen molar-refractivity contribution in [3.8, 4) is 0 Å². The highest BCUT2D eigenvalue weighted by Gasteiger charge is 2.42. The lowest BCUT2D eigenvalue weighted by molar-refractivity contribution is 0.0184. The molecular weight excluding hydrogens is 278 g/mol. The van der Waals surface area contributed by atoms with Crippen LogP contribution in [0, 0.1) is 6.57 Å². The van der Waals surface area contributed by atoms with E-state index in [9.17, 15) is 4.79 Å². The summed E-state index contributed by atoms with van der Waals surface area (Å²) in [5, 5.41) is 0. The molecule has 1 aromatic rings. The molecule has 0 saturated carbocycles. The van der Waals surface area contributed by atoms with Crippen LogP contribution in [-0.4, -0.2) is 40.2 Å². The first-order valence-electron chi connectivity index (χ1n) is 7.59. The second kappa shape index (κ2) is 6.35. The Kier molecular flexibility index (Phi) is 4.70. The first kappa shape index (κ1) is 16.3. The summed E-state index contributed by atoms with van der Waals surface area (Å²) in [4.78, 5) is 21.7. The fourth-order valence-electron chi connectivity index (χ4n) is 2.64. The zero-order chi connectivity index (χ0) is 16.2. The summed E-state index contributed by atoms with van der Waals surface area (Å²) in [6, 6.07) is 3.90. The van der Waals surface area contributed by atoms with Crippen molar-refractivity contribution in [1.82, 2.24) is 9.88 Å². The van der Waals surface area contributed by atoms with Crippen LogP contribution in [0.25, 0.3) is 4.85 Å². The molecule has 1 aromatic heterocycles. The van der Waals surface area contributed by atoms with Crippen LogP contribution in [0.5, 0.6) is 0 Å². The van der Waals surface area contributed by atoms with Crippen LogP contribution < -0.4 is 0 Å². The molecule has 1 amide bonds. The summed E-state index contributed by atoms with van der Waals surface area (Å²) < 4.78 is 5.40. The normalized spacial score (nSPS) is 17.6. The van der Waals surface area contributed by atoms with Gasteiger partial charge in [-0.05, 0) is 38.5 Å². The highest BCUT2D eigenvalue weighted by atomic mass is 16.6. The fourth-order valence-corrected chi connectivity index (χ4v) is 2.64. The largest absolute Gasteiger partial charge is 0.444 e. The predicted molar refractivity (Wildman–Crippen MR) is 84.3 cm³/mol. The zero-order valence-electron chi connectivity index (χ0n) is 13.5. The maximum atomic E-state index is 12.1. The summed E-state index contributed by atoms with van der Waals surface area (Å²) in [7, 11) is 0. The van der Waals surface area contributed by atoms with Crippen LogP contribution >= 0.6 is 0 Å². The Morgan fingerprint density at radius 2 is 1.95 bits per heavy atom. The van der Waals surface area contributed by atoms with E-state index in [2.05, 4.69) is 9.83 Å². The molecule has 1 aliphatic rings. The van der Waals surface area contributed by atoms with Gasteiger partial charge in [-0.25, -0.2) is 11.4 Å². The van der Waals surface area contributed by atoms with Crippen molar-refractivity contribution in [3.05, 3.63) is 41.5 Å². The number of amides is 1. The lowest BCUT2D eigenvalue weighted by Gasteiger charge is -2.35. The zero-order valence-corrected chi connectivity index (χ0v) is 13.5. The van der Waals surface area contributed by atoms with E-state index in [1.54, 1.807) is 17.3 Å². The van der Waals surface area contributed by atoms with E-state index in [0.29, 0.717) is 32.4 Å². The average Bonchev–Trinajstić information content (AvgIpc) is 2.47. The number of hydrogen-bond acceptors (Lipinski definition) is 3. The Morgan fingerprint density at radius 3 is 2.45 bits per heavy atom. The number of ether oxygens (including phenoxy) is 1. The molecule has 0 N–H and O–H groups in total. The van der Waals surface area contributed by atoms with Gasteiger partial charge in [0.2, 0.25) is 5.54 Å². The molecular formula is C17H23N3O2. The monoisotopic (exact) mass is 301 g/mol. The second-order valence-corrected chi connectivity index (χ2v) is 6.84. The molecule has 5 nitrogen and oxygen atoms in total. The average molecular weight is 301 g/mol. The molecule has 22 heavy (non-hydrogen) atoms. The van der Waals surface area contributed by atoms with Crippen molar-refractivity contribution >= 4 is 6.09 Å².